The van der Waals surface area contributed by atoms with Crippen molar-refractivity contribution in [3.05, 3.63) is 58.8 Å². The van der Waals surface area contributed by atoms with Crippen molar-refractivity contribution in [2.75, 3.05) is 24.9 Å². The molecule has 32 heavy (non-hydrogen) atoms. The van der Waals surface area contributed by atoms with Crippen LogP contribution in [0, 0.1) is 11.8 Å². The molecule has 1 atom stereocenters. The average molecular weight is 458 g/mol. The largest absolute Gasteiger partial charge is 0.478 e. The first-order chi connectivity index (χ1) is 15.1. The van der Waals surface area contributed by atoms with Gasteiger partial charge in [-0.15, -0.1) is 0 Å². The molecule has 1 heterocycles. The maximum atomic E-state index is 12.6. The first-order valence-corrected chi connectivity index (χ1v) is 11.6. The van der Waals surface area contributed by atoms with Crippen LogP contribution in [-0.4, -0.2) is 51.3 Å². The second-order valence-electron chi connectivity index (χ2n) is 6.89. The minimum absolute atomic E-state index is 0.0759. The van der Waals surface area contributed by atoms with Gasteiger partial charge in [-0.1, -0.05) is 17.9 Å². The summed E-state index contributed by atoms with van der Waals surface area (Å²) in [6, 6.07) is 7.46. The molecule has 0 radical (unpaired) electrons. The van der Waals surface area contributed by atoms with Crippen LogP contribution in [0.3, 0.4) is 0 Å². The van der Waals surface area contributed by atoms with Gasteiger partial charge in [-0.05, 0) is 37.1 Å². The van der Waals surface area contributed by atoms with Crippen molar-refractivity contribution >= 4 is 33.4 Å². The summed E-state index contributed by atoms with van der Waals surface area (Å²) in [7, 11) is -1.50. The topological polar surface area (TPSA) is 149 Å². The van der Waals surface area contributed by atoms with Gasteiger partial charge in [0.2, 0.25) is 0 Å². The van der Waals surface area contributed by atoms with Crippen molar-refractivity contribution in [1.29, 1.82) is 0 Å². The summed E-state index contributed by atoms with van der Waals surface area (Å²) in [4.78, 5) is 38.6. The molecule has 1 amide bonds. The van der Waals surface area contributed by atoms with E-state index in [1.165, 1.54) is 37.8 Å². The first kappa shape index (κ1) is 24.6. The quantitative estimate of drug-likeness (QED) is 0.365. The summed E-state index contributed by atoms with van der Waals surface area (Å²) in [5.41, 5.74) is 6.71. The fraction of sp³-hybridized carbons (Fsp3) is 0.273. The van der Waals surface area contributed by atoms with E-state index in [1.54, 1.807) is 12.1 Å². The number of aromatic carboxylic acids is 1. The number of esters is 1. The summed E-state index contributed by atoms with van der Waals surface area (Å²) in [6.45, 7) is 0. The predicted molar refractivity (Wildman–Crippen MR) is 120 cm³/mol. The molecule has 0 saturated heterocycles. The lowest BCUT2D eigenvalue weighted by molar-refractivity contribution is -0.140. The van der Waals surface area contributed by atoms with E-state index in [-0.39, 0.29) is 40.7 Å². The first-order valence-electron chi connectivity index (χ1n) is 9.53. The molecule has 0 aliphatic heterocycles. The number of pyridine rings is 1. The lowest BCUT2D eigenvalue weighted by Crippen LogP contribution is -2.09. The third-order valence-corrected chi connectivity index (χ3v) is 5.87. The number of benzene rings is 1. The number of hydrogen-bond donors (Lipinski definition) is 2. The third-order valence-electron chi connectivity index (χ3n) is 4.27. The molecule has 1 aromatic heterocycles. The number of rotatable bonds is 7. The molecule has 168 valence electrons. The maximum absolute atomic E-state index is 12.6. The standard InChI is InChI=1S/C22H23N3O6S/c1-31-19(26)8-3-4-11-32(2,30)25-21(27)18-13-16(20(23)24-14-18)10-9-15-6-5-7-17(12-15)22(28)29/h5-7,12-14H,3-4,8,11H2,1-2H3,(H2,23,24)(H,28,29). The number of carboxylic acid groups (broad SMARTS) is 1. The number of hydrogen-bond acceptors (Lipinski definition) is 7. The Kier molecular flexibility index (Phi) is 8.49. The molecule has 1 unspecified atom stereocenters. The Bertz CT molecular complexity index is 1220. The van der Waals surface area contributed by atoms with Crippen LogP contribution in [0.2, 0.25) is 0 Å². The zero-order chi connectivity index (χ0) is 23.7. The number of aromatic nitrogens is 1. The van der Waals surface area contributed by atoms with E-state index >= 15 is 0 Å². The lowest BCUT2D eigenvalue weighted by atomic mass is 10.1. The number of unbranched alkanes of at least 4 members (excludes halogenated alkanes) is 1. The number of nitrogen functional groups attached to an aromatic ring is 1. The van der Waals surface area contributed by atoms with E-state index in [4.69, 9.17) is 10.8 Å². The summed E-state index contributed by atoms with van der Waals surface area (Å²) in [5.74, 6) is 3.67. The highest BCUT2D eigenvalue weighted by Crippen LogP contribution is 2.13. The van der Waals surface area contributed by atoms with Crippen molar-refractivity contribution in [2.45, 2.75) is 19.3 Å². The molecule has 0 spiro atoms. The number of amides is 1. The van der Waals surface area contributed by atoms with E-state index in [1.807, 2.05) is 0 Å². The number of nitrogens with zero attached hydrogens (tertiary/aromatic N) is 2. The molecule has 2 rings (SSSR count). The molecule has 0 fully saturated rings. The second kappa shape index (κ2) is 11.1. The fourth-order valence-electron chi connectivity index (χ4n) is 2.58. The van der Waals surface area contributed by atoms with E-state index in [0.717, 1.165) is 0 Å². The van der Waals surface area contributed by atoms with Crippen LogP contribution in [0.25, 0.3) is 0 Å². The molecule has 3 N–H and O–H groups in total. The lowest BCUT2D eigenvalue weighted by Gasteiger charge is -2.05. The van der Waals surface area contributed by atoms with Gasteiger partial charge in [0.05, 0.1) is 33.5 Å². The molecule has 2 aromatic rings. The van der Waals surface area contributed by atoms with E-state index in [9.17, 15) is 18.6 Å². The SMILES string of the molecule is COC(=O)CCCCS(C)(=O)=NC(=O)c1cnc(N)c(C#Cc2cccc(C(=O)O)c2)c1. The van der Waals surface area contributed by atoms with Crippen LogP contribution in [0.15, 0.2) is 40.9 Å². The highest BCUT2D eigenvalue weighted by Gasteiger charge is 2.12. The molecule has 0 bridgehead atoms. The molecule has 9 nitrogen and oxygen atoms in total. The van der Waals surface area contributed by atoms with Crippen molar-refractivity contribution in [3.63, 3.8) is 0 Å². The number of carbonyl (C=O) groups excluding carboxylic acids is 2. The van der Waals surface area contributed by atoms with Gasteiger partial charge >= 0.3 is 11.9 Å². The molecule has 0 aliphatic carbocycles. The van der Waals surface area contributed by atoms with Gasteiger partial charge in [-0.3, -0.25) is 9.59 Å². The van der Waals surface area contributed by atoms with Crippen LogP contribution in [0.4, 0.5) is 5.82 Å². The molecular formula is C22H23N3O6S. The molecule has 10 heteroatoms. The van der Waals surface area contributed by atoms with Crippen molar-refractivity contribution < 1.29 is 28.4 Å². The van der Waals surface area contributed by atoms with Gasteiger partial charge in [-0.25, -0.2) is 14.0 Å². The van der Waals surface area contributed by atoms with Crippen molar-refractivity contribution in [2.24, 2.45) is 4.36 Å². The number of anilines is 1. The van der Waals surface area contributed by atoms with Gasteiger partial charge in [0.1, 0.15) is 5.82 Å². The third kappa shape index (κ3) is 7.52. The van der Waals surface area contributed by atoms with Gasteiger partial charge in [0.25, 0.3) is 5.91 Å². The summed E-state index contributed by atoms with van der Waals surface area (Å²) in [6.07, 6.45) is 3.74. The normalized spacial score (nSPS) is 12.1. The van der Waals surface area contributed by atoms with Crippen LogP contribution in [0.1, 0.15) is 51.1 Å². The van der Waals surface area contributed by atoms with Crippen LogP contribution < -0.4 is 5.73 Å². The Balaban J connectivity index is 2.18. The Morgan fingerprint density at radius 3 is 2.62 bits per heavy atom. The van der Waals surface area contributed by atoms with Crippen molar-refractivity contribution in [1.82, 2.24) is 4.98 Å². The van der Waals surface area contributed by atoms with E-state index < -0.39 is 21.6 Å². The summed E-state index contributed by atoms with van der Waals surface area (Å²) < 4.78 is 21.0. The number of carbonyl (C=O) groups is 3. The number of ether oxygens (including phenoxy) is 1. The number of nitrogens with two attached hydrogens (primary N) is 1. The Morgan fingerprint density at radius 1 is 1.19 bits per heavy atom. The van der Waals surface area contributed by atoms with E-state index in [2.05, 4.69) is 25.9 Å². The molecule has 1 aromatic carbocycles. The van der Waals surface area contributed by atoms with Gasteiger partial charge < -0.3 is 15.6 Å². The van der Waals surface area contributed by atoms with E-state index in [0.29, 0.717) is 18.4 Å². The van der Waals surface area contributed by atoms with Gasteiger partial charge in [0.15, 0.2) is 0 Å². The highest BCUT2D eigenvalue weighted by atomic mass is 32.2. The minimum atomic E-state index is -2.80. The smallest absolute Gasteiger partial charge is 0.335 e. The monoisotopic (exact) mass is 457 g/mol. The second-order valence-corrected chi connectivity index (χ2v) is 9.40. The van der Waals surface area contributed by atoms with Gasteiger partial charge in [0, 0.05) is 30.2 Å². The zero-order valence-electron chi connectivity index (χ0n) is 17.7. The Labute approximate surface area is 186 Å². The number of methoxy groups -OCH3 is 1. The minimum Gasteiger partial charge on any atom is -0.478 e. The Morgan fingerprint density at radius 2 is 1.94 bits per heavy atom. The highest BCUT2D eigenvalue weighted by molar-refractivity contribution is 7.93. The summed E-state index contributed by atoms with van der Waals surface area (Å²) in [5, 5.41) is 9.06. The molecule has 0 aliphatic rings. The predicted octanol–water partition coefficient (Wildman–Crippen LogP) is 2.34. The number of carboxylic acids is 1. The van der Waals surface area contributed by atoms with Gasteiger partial charge in [-0.2, -0.15) is 4.36 Å². The van der Waals surface area contributed by atoms with Crippen LogP contribution in [-0.2, 0) is 19.3 Å². The average Bonchev–Trinajstić information content (AvgIpc) is 2.75. The molecule has 0 saturated carbocycles. The van der Waals surface area contributed by atoms with Crippen LogP contribution in [0.5, 0.6) is 0 Å². The Hall–Kier alpha value is -3.71. The fourth-order valence-corrected chi connectivity index (χ4v) is 3.86. The zero-order valence-corrected chi connectivity index (χ0v) is 18.5. The molecular weight excluding hydrogens is 434 g/mol. The summed E-state index contributed by atoms with van der Waals surface area (Å²) >= 11 is 0. The van der Waals surface area contributed by atoms with Crippen LogP contribution >= 0.6 is 0 Å². The van der Waals surface area contributed by atoms with Crippen molar-refractivity contribution in [3.8, 4) is 11.8 Å². The maximum Gasteiger partial charge on any atom is 0.335 e.